The van der Waals surface area contributed by atoms with Gasteiger partial charge < -0.3 is 10.1 Å². The number of benzene rings is 1. The Hall–Kier alpha value is -0.750. The molecule has 1 heterocycles. The minimum absolute atomic E-state index is 0.290. The summed E-state index contributed by atoms with van der Waals surface area (Å²) in [4.78, 5) is 3.39. The Morgan fingerprint density at radius 2 is 2.05 bits per heavy atom. The van der Waals surface area contributed by atoms with Crippen LogP contribution in [-0.2, 0) is 15.5 Å². The normalized spacial score (nSPS) is 23.9. The van der Waals surface area contributed by atoms with Gasteiger partial charge in [0.05, 0.1) is 13.2 Å². The molecule has 0 radical (unpaired) electrons. The van der Waals surface area contributed by atoms with Crippen molar-refractivity contribution < 1.29 is 8.95 Å². The van der Waals surface area contributed by atoms with Crippen LogP contribution in [0.5, 0.6) is 0 Å². The number of nitrogens with zero attached hydrogens (tertiary/aromatic N) is 1. The van der Waals surface area contributed by atoms with Crippen LogP contribution in [0.25, 0.3) is 0 Å². The average molecular weight is 324 g/mol. The predicted octanol–water partition coefficient (Wildman–Crippen LogP) is 2.18. The van der Waals surface area contributed by atoms with E-state index < -0.39 is 10.8 Å². The van der Waals surface area contributed by atoms with Crippen molar-refractivity contribution in [2.75, 3.05) is 32.6 Å². The van der Waals surface area contributed by atoms with E-state index >= 15 is 0 Å². The van der Waals surface area contributed by atoms with Crippen molar-refractivity contribution in [1.29, 1.82) is 0 Å². The van der Waals surface area contributed by atoms with E-state index in [1.54, 1.807) is 6.26 Å². The van der Waals surface area contributed by atoms with Gasteiger partial charge in [-0.2, -0.15) is 0 Å². The molecule has 1 aliphatic heterocycles. The van der Waals surface area contributed by atoms with Crippen molar-refractivity contribution in [3.8, 4) is 0 Å². The third-order valence-electron chi connectivity index (χ3n) is 4.42. The predicted molar refractivity (Wildman–Crippen MR) is 91.6 cm³/mol. The quantitative estimate of drug-likeness (QED) is 0.871. The van der Waals surface area contributed by atoms with Crippen LogP contribution in [0.2, 0.25) is 0 Å². The number of morpholine rings is 1. The number of ether oxygens (including phenoxy) is 1. The van der Waals surface area contributed by atoms with Gasteiger partial charge in [-0.05, 0) is 38.5 Å². The molecule has 4 nitrogen and oxygen atoms in total. The SMILES string of the molecule is C[C@H](NC[C@H](C)N1CCOC[C@@H]1C)c1ccc([S@](C)=O)cc1. The van der Waals surface area contributed by atoms with Gasteiger partial charge >= 0.3 is 0 Å². The molecule has 0 amide bonds. The highest BCUT2D eigenvalue weighted by atomic mass is 32.2. The van der Waals surface area contributed by atoms with Crippen LogP contribution in [0.4, 0.5) is 0 Å². The lowest BCUT2D eigenvalue weighted by molar-refractivity contribution is -0.0184. The fraction of sp³-hybridized carbons (Fsp3) is 0.647. The topological polar surface area (TPSA) is 41.6 Å². The Morgan fingerprint density at radius 1 is 1.36 bits per heavy atom. The molecular formula is C17H28N2O2S. The molecule has 0 saturated carbocycles. The Kier molecular flexibility index (Phi) is 6.56. The van der Waals surface area contributed by atoms with Gasteiger partial charge in [0, 0.05) is 53.2 Å². The smallest absolute Gasteiger partial charge is 0.0619 e. The van der Waals surface area contributed by atoms with Gasteiger partial charge in [0.15, 0.2) is 0 Å². The number of hydrogen-bond acceptors (Lipinski definition) is 4. The van der Waals surface area contributed by atoms with Crippen LogP contribution in [0.1, 0.15) is 32.4 Å². The Bertz CT molecular complexity index is 492. The molecule has 1 aromatic rings. The van der Waals surface area contributed by atoms with E-state index in [0.29, 0.717) is 12.1 Å². The summed E-state index contributed by atoms with van der Waals surface area (Å²) in [7, 11) is -0.908. The second-order valence-corrected chi connectivity index (χ2v) is 7.54. The number of rotatable bonds is 6. The van der Waals surface area contributed by atoms with E-state index in [1.807, 2.05) is 12.1 Å². The average Bonchev–Trinajstić information content (AvgIpc) is 2.52. The fourth-order valence-corrected chi connectivity index (χ4v) is 3.44. The van der Waals surface area contributed by atoms with Gasteiger partial charge in [-0.1, -0.05) is 12.1 Å². The van der Waals surface area contributed by atoms with Crippen molar-refractivity contribution >= 4 is 10.8 Å². The summed E-state index contributed by atoms with van der Waals surface area (Å²) < 4.78 is 16.9. The van der Waals surface area contributed by atoms with E-state index in [-0.39, 0.29) is 6.04 Å². The summed E-state index contributed by atoms with van der Waals surface area (Å²) in [6.07, 6.45) is 1.71. The standard InChI is InChI=1S/C17H28N2O2S/c1-13(19-9-10-21-12-14(19)2)11-18-15(3)16-5-7-17(8-6-16)22(4)20/h5-8,13-15,18H,9-12H2,1-4H3/t13-,14-,15-,22-/m0/s1. The zero-order valence-corrected chi connectivity index (χ0v) is 14.9. The monoisotopic (exact) mass is 324 g/mol. The highest BCUT2D eigenvalue weighted by Gasteiger charge is 2.23. The molecule has 4 atom stereocenters. The van der Waals surface area contributed by atoms with Crippen molar-refractivity contribution in [3.05, 3.63) is 29.8 Å². The van der Waals surface area contributed by atoms with Gasteiger partial charge in [-0.3, -0.25) is 9.11 Å². The molecule has 1 aliphatic rings. The summed E-state index contributed by atoms with van der Waals surface area (Å²) in [6, 6.07) is 9.31. The minimum atomic E-state index is -0.908. The summed E-state index contributed by atoms with van der Waals surface area (Å²) in [5, 5.41) is 3.61. The van der Waals surface area contributed by atoms with Crippen molar-refractivity contribution in [3.63, 3.8) is 0 Å². The highest BCUT2D eigenvalue weighted by molar-refractivity contribution is 7.84. The van der Waals surface area contributed by atoms with Crippen molar-refractivity contribution in [2.45, 2.75) is 43.8 Å². The minimum Gasteiger partial charge on any atom is -0.379 e. The molecule has 1 N–H and O–H groups in total. The largest absolute Gasteiger partial charge is 0.379 e. The van der Waals surface area contributed by atoms with Crippen LogP contribution in [0.3, 0.4) is 0 Å². The van der Waals surface area contributed by atoms with Crippen LogP contribution in [-0.4, -0.2) is 53.8 Å². The van der Waals surface area contributed by atoms with Crippen LogP contribution in [0.15, 0.2) is 29.2 Å². The van der Waals surface area contributed by atoms with Crippen molar-refractivity contribution in [1.82, 2.24) is 10.2 Å². The fourth-order valence-electron chi connectivity index (χ4n) is 2.93. The Labute approximate surface area is 136 Å². The van der Waals surface area contributed by atoms with E-state index in [0.717, 1.165) is 31.2 Å². The summed E-state index contributed by atoms with van der Waals surface area (Å²) in [5.41, 5.74) is 1.23. The molecule has 2 rings (SSSR count). The Balaban J connectivity index is 1.86. The third-order valence-corrected chi connectivity index (χ3v) is 5.35. The van der Waals surface area contributed by atoms with E-state index in [1.165, 1.54) is 5.56 Å². The van der Waals surface area contributed by atoms with Gasteiger partial charge in [-0.15, -0.1) is 0 Å². The molecule has 124 valence electrons. The summed E-state index contributed by atoms with van der Waals surface area (Å²) in [5.74, 6) is 0. The lowest BCUT2D eigenvalue weighted by atomic mass is 10.1. The van der Waals surface area contributed by atoms with Crippen molar-refractivity contribution in [2.24, 2.45) is 0 Å². The van der Waals surface area contributed by atoms with Gasteiger partial charge in [0.2, 0.25) is 0 Å². The lowest BCUT2D eigenvalue weighted by Crippen LogP contribution is -2.51. The first kappa shape index (κ1) is 17.6. The molecule has 0 bridgehead atoms. The molecule has 1 aromatic carbocycles. The molecule has 1 fully saturated rings. The zero-order valence-electron chi connectivity index (χ0n) is 14.0. The van der Waals surface area contributed by atoms with E-state index in [2.05, 4.69) is 43.1 Å². The molecule has 0 aliphatic carbocycles. The number of nitrogens with one attached hydrogen (secondary N) is 1. The first-order valence-corrected chi connectivity index (χ1v) is 9.55. The highest BCUT2D eigenvalue weighted by Crippen LogP contribution is 2.16. The van der Waals surface area contributed by atoms with Crippen LogP contribution < -0.4 is 5.32 Å². The van der Waals surface area contributed by atoms with Crippen LogP contribution >= 0.6 is 0 Å². The van der Waals surface area contributed by atoms with Gasteiger partial charge in [-0.25, -0.2) is 0 Å². The van der Waals surface area contributed by atoms with Crippen LogP contribution in [0, 0.1) is 0 Å². The summed E-state index contributed by atoms with van der Waals surface area (Å²) >= 11 is 0. The van der Waals surface area contributed by atoms with Gasteiger partial charge in [0.25, 0.3) is 0 Å². The maximum atomic E-state index is 11.4. The first-order chi connectivity index (χ1) is 10.5. The summed E-state index contributed by atoms with van der Waals surface area (Å²) in [6.45, 7) is 10.3. The maximum absolute atomic E-state index is 11.4. The molecular weight excluding hydrogens is 296 g/mol. The molecule has 0 aromatic heterocycles. The lowest BCUT2D eigenvalue weighted by Gasteiger charge is -2.38. The Morgan fingerprint density at radius 3 is 2.64 bits per heavy atom. The van der Waals surface area contributed by atoms with E-state index in [9.17, 15) is 4.21 Å². The third kappa shape index (κ3) is 4.62. The molecule has 5 heteroatoms. The molecule has 1 saturated heterocycles. The second-order valence-electron chi connectivity index (χ2n) is 6.16. The molecule has 22 heavy (non-hydrogen) atoms. The first-order valence-electron chi connectivity index (χ1n) is 7.99. The second kappa shape index (κ2) is 8.20. The van der Waals surface area contributed by atoms with E-state index in [4.69, 9.17) is 4.74 Å². The molecule has 0 unspecified atom stereocenters. The number of hydrogen-bond donors (Lipinski definition) is 1. The zero-order chi connectivity index (χ0) is 16.1. The maximum Gasteiger partial charge on any atom is 0.0619 e. The van der Waals surface area contributed by atoms with Gasteiger partial charge in [0.1, 0.15) is 0 Å². The molecule has 0 spiro atoms.